The van der Waals surface area contributed by atoms with Gasteiger partial charge in [0.15, 0.2) is 6.10 Å². The summed E-state index contributed by atoms with van der Waals surface area (Å²) >= 11 is 6.59. The lowest BCUT2D eigenvalue weighted by atomic mass is 10.0. The molecule has 35 heavy (non-hydrogen) atoms. The van der Waals surface area contributed by atoms with Gasteiger partial charge in [0.1, 0.15) is 29.4 Å². The normalized spacial score (nSPS) is 23.5. The summed E-state index contributed by atoms with van der Waals surface area (Å²) in [5.41, 5.74) is 10.2. The monoisotopic (exact) mass is 491 g/mol. The molecule has 2 aliphatic rings. The lowest BCUT2D eigenvalue weighted by Crippen LogP contribution is -2.35. The maximum absolute atomic E-state index is 12.4. The molecule has 8 nitrogen and oxygen atoms in total. The molecule has 4 aromatic rings. The number of benzene rings is 2. The van der Waals surface area contributed by atoms with Crippen LogP contribution >= 0.6 is 11.6 Å². The minimum atomic E-state index is -0.705. The quantitative estimate of drug-likeness (QED) is 0.392. The molecule has 0 radical (unpaired) electrons. The highest BCUT2D eigenvalue weighted by molar-refractivity contribution is 6.33. The number of halogens is 1. The Morgan fingerprint density at radius 3 is 2.46 bits per heavy atom. The van der Waals surface area contributed by atoms with Crippen LogP contribution in [0.25, 0.3) is 33.4 Å². The van der Waals surface area contributed by atoms with Crippen molar-refractivity contribution in [2.24, 2.45) is 5.73 Å². The molecule has 1 unspecified atom stereocenters. The number of H-pyrrole nitrogens is 1. The van der Waals surface area contributed by atoms with Crippen LogP contribution in [0.2, 0.25) is 5.02 Å². The Morgan fingerprint density at radius 1 is 1.03 bits per heavy atom. The highest BCUT2D eigenvalue weighted by Gasteiger charge is 2.48. The first-order valence-corrected chi connectivity index (χ1v) is 11.6. The average molecular weight is 492 g/mol. The van der Waals surface area contributed by atoms with E-state index in [2.05, 4.69) is 4.98 Å². The zero-order valence-electron chi connectivity index (χ0n) is 18.5. The van der Waals surface area contributed by atoms with Crippen molar-refractivity contribution >= 4 is 28.5 Å². The third-order valence-electron chi connectivity index (χ3n) is 6.45. The summed E-state index contributed by atoms with van der Waals surface area (Å²) in [4.78, 5) is 20.2. The van der Waals surface area contributed by atoms with Gasteiger partial charge in [-0.15, -0.1) is 0 Å². The van der Waals surface area contributed by atoms with E-state index in [0.717, 1.165) is 16.7 Å². The molecule has 4 N–H and O–H groups in total. The fraction of sp³-hybridized carbons (Fsp3) is 0.231. The van der Waals surface area contributed by atoms with Gasteiger partial charge in [0.2, 0.25) is 5.88 Å². The molecule has 2 aromatic carbocycles. The number of fused-ring (bicyclic) bond motifs is 2. The predicted molar refractivity (Wildman–Crippen MR) is 130 cm³/mol. The molecule has 0 aliphatic carbocycles. The molecule has 2 aliphatic heterocycles. The van der Waals surface area contributed by atoms with E-state index in [1.54, 1.807) is 6.07 Å². The van der Waals surface area contributed by atoms with Crippen molar-refractivity contribution in [3.8, 4) is 28.3 Å². The number of ether oxygens (including phenoxy) is 3. The van der Waals surface area contributed by atoms with Crippen LogP contribution in [-0.4, -0.2) is 58.6 Å². The largest absolute Gasteiger partial charge is 0.470 e. The smallest absolute Gasteiger partial charge is 0.256 e. The van der Waals surface area contributed by atoms with Gasteiger partial charge in [0.05, 0.1) is 29.4 Å². The lowest BCUT2D eigenvalue weighted by molar-refractivity contribution is 0.00780. The number of nitrogens with two attached hydrogens (primary N) is 1. The zero-order chi connectivity index (χ0) is 24.1. The number of aliphatic hydroxyl groups excluding tert-OH is 1. The van der Waals surface area contributed by atoms with Gasteiger partial charge in [-0.2, -0.15) is 0 Å². The van der Waals surface area contributed by atoms with E-state index < -0.39 is 30.3 Å². The van der Waals surface area contributed by atoms with Crippen molar-refractivity contribution in [2.75, 3.05) is 13.2 Å². The number of aliphatic hydroxyl groups is 1. The first kappa shape index (κ1) is 22.1. The van der Waals surface area contributed by atoms with Gasteiger partial charge in [-0.05, 0) is 17.2 Å². The molecule has 4 heterocycles. The van der Waals surface area contributed by atoms with Crippen LogP contribution in [0, 0.1) is 0 Å². The maximum Gasteiger partial charge on any atom is 0.256 e. The Hall–Kier alpha value is -3.43. The second-order valence-electron chi connectivity index (χ2n) is 8.67. The first-order chi connectivity index (χ1) is 17.0. The molecule has 0 bridgehead atoms. The fourth-order valence-corrected chi connectivity index (χ4v) is 4.99. The Labute approximate surface area is 205 Å². The van der Waals surface area contributed by atoms with Crippen molar-refractivity contribution < 1.29 is 24.1 Å². The van der Waals surface area contributed by atoms with Crippen LogP contribution in [0.1, 0.15) is 10.4 Å². The number of aromatic nitrogens is 2. The van der Waals surface area contributed by atoms with Gasteiger partial charge < -0.3 is 30.0 Å². The summed E-state index contributed by atoms with van der Waals surface area (Å²) in [5, 5.41) is 10.4. The Balaban J connectivity index is 1.36. The topological polar surface area (TPSA) is 120 Å². The van der Waals surface area contributed by atoms with Gasteiger partial charge in [0.25, 0.3) is 5.91 Å². The number of nitrogens with zero attached hydrogens (tertiary/aromatic N) is 1. The summed E-state index contributed by atoms with van der Waals surface area (Å²) < 4.78 is 17.3. The number of carbonyl (C=O) groups excluding carboxylic acids is 1. The van der Waals surface area contributed by atoms with Gasteiger partial charge >= 0.3 is 0 Å². The second kappa shape index (κ2) is 8.66. The molecule has 6 rings (SSSR count). The van der Waals surface area contributed by atoms with E-state index in [1.165, 1.54) is 0 Å². The number of aromatic amines is 1. The predicted octanol–water partition coefficient (Wildman–Crippen LogP) is 3.56. The van der Waals surface area contributed by atoms with E-state index in [9.17, 15) is 9.90 Å². The van der Waals surface area contributed by atoms with Gasteiger partial charge in [0, 0.05) is 5.56 Å². The number of carbonyl (C=O) groups is 1. The summed E-state index contributed by atoms with van der Waals surface area (Å²) in [5.74, 6) is -0.513. The third-order valence-corrected chi connectivity index (χ3v) is 6.74. The standard InChI is InChI=1S/C26H22ClN3O5/c27-16-10-17-22(30-21(16)15-8-6-14(7-9-15)13-4-2-1-3-5-13)20(25(28)32)26(29-17)35-19-12-34-23-18(31)11-33-24(19)23/h1-10,18-19,23-24,29,31H,11-12H2,(H2,28,32)/t18-,19-,23?,24-/m1/s1. The van der Waals surface area contributed by atoms with Crippen molar-refractivity contribution in [1.29, 1.82) is 0 Å². The minimum absolute atomic E-state index is 0.126. The van der Waals surface area contributed by atoms with Crippen molar-refractivity contribution in [3.63, 3.8) is 0 Å². The summed E-state index contributed by atoms with van der Waals surface area (Å²) in [6.07, 6.45) is -2.11. The Bertz CT molecular complexity index is 1410. The van der Waals surface area contributed by atoms with E-state index in [-0.39, 0.29) is 24.7 Å². The summed E-state index contributed by atoms with van der Waals surface area (Å²) in [6, 6.07) is 19.6. The van der Waals surface area contributed by atoms with E-state index in [0.29, 0.717) is 21.7 Å². The lowest BCUT2D eigenvalue weighted by Gasteiger charge is -2.17. The molecular weight excluding hydrogens is 470 g/mol. The molecular formula is C26H22ClN3O5. The molecule has 2 fully saturated rings. The average Bonchev–Trinajstić information content (AvgIpc) is 3.54. The number of amides is 1. The van der Waals surface area contributed by atoms with Gasteiger partial charge in [-0.25, -0.2) is 4.98 Å². The number of hydrogen-bond acceptors (Lipinski definition) is 6. The zero-order valence-corrected chi connectivity index (χ0v) is 19.2. The SMILES string of the molecule is NC(=O)c1c(O[C@@H]2COC3[C@H](O)CO[C@@H]32)[nH]c2cc(Cl)c(-c3ccc(-c4ccccc4)cc3)nc12. The highest BCUT2D eigenvalue weighted by atomic mass is 35.5. The van der Waals surface area contributed by atoms with Crippen LogP contribution in [0.4, 0.5) is 0 Å². The number of pyridine rings is 1. The number of nitrogens with one attached hydrogen (secondary N) is 1. The maximum atomic E-state index is 12.4. The van der Waals surface area contributed by atoms with Crippen LogP contribution in [-0.2, 0) is 9.47 Å². The summed E-state index contributed by atoms with van der Waals surface area (Å²) in [7, 11) is 0. The molecule has 2 saturated heterocycles. The van der Waals surface area contributed by atoms with Gasteiger partial charge in [-0.3, -0.25) is 4.79 Å². The Morgan fingerprint density at radius 2 is 1.71 bits per heavy atom. The molecule has 1 amide bonds. The fourth-order valence-electron chi connectivity index (χ4n) is 4.73. The number of rotatable bonds is 5. The molecule has 4 atom stereocenters. The number of primary amides is 1. The van der Waals surface area contributed by atoms with Crippen molar-refractivity contribution in [1.82, 2.24) is 9.97 Å². The Kier molecular flexibility index (Phi) is 5.46. The highest BCUT2D eigenvalue weighted by Crippen LogP contribution is 2.36. The molecule has 0 spiro atoms. The van der Waals surface area contributed by atoms with Crippen molar-refractivity contribution in [2.45, 2.75) is 24.4 Å². The summed E-state index contributed by atoms with van der Waals surface area (Å²) in [6.45, 7) is 0.390. The van der Waals surface area contributed by atoms with E-state index in [1.807, 2.05) is 54.6 Å². The van der Waals surface area contributed by atoms with E-state index in [4.69, 9.17) is 36.5 Å². The number of hydrogen-bond donors (Lipinski definition) is 3. The van der Waals surface area contributed by atoms with Crippen LogP contribution < -0.4 is 10.5 Å². The minimum Gasteiger partial charge on any atom is -0.470 e. The van der Waals surface area contributed by atoms with Crippen LogP contribution in [0.5, 0.6) is 5.88 Å². The second-order valence-corrected chi connectivity index (χ2v) is 9.08. The molecule has 0 saturated carbocycles. The molecule has 9 heteroatoms. The van der Waals surface area contributed by atoms with Crippen LogP contribution in [0.15, 0.2) is 60.7 Å². The van der Waals surface area contributed by atoms with E-state index >= 15 is 0 Å². The third kappa shape index (κ3) is 3.84. The van der Waals surface area contributed by atoms with Gasteiger partial charge in [-0.1, -0.05) is 66.2 Å². The van der Waals surface area contributed by atoms with Crippen LogP contribution in [0.3, 0.4) is 0 Å². The molecule has 178 valence electrons. The van der Waals surface area contributed by atoms with Crippen molar-refractivity contribution in [3.05, 3.63) is 71.2 Å². The first-order valence-electron chi connectivity index (χ1n) is 11.3. The molecule has 2 aromatic heterocycles.